The van der Waals surface area contributed by atoms with E-state index in [9.17, 15) is 0 Å². The fourth-order valence-electron chi connectivity index (χ4n) is 9.75. The predicted molar refractivity (Wildman–Crippen MR) is 262 cm³/mol. The molecule has 0 amide bonds. The predicted octanol–water partition coefficient (Wildman–Crippen LogP) is 16.2. The maximum atomic E-state index is 2.40. The van der Waals surface area contributed by atoms with E-state index in [0.717, 1.165) is 11.4 Å². The number of fused-ring (bicyclic) bond motifs is 6. The lowest BCUT2D eigenvalue weighted by Crippen LogP contribution is -1.95. The van der Waals surface area contributed by atoms with Crippen molar-refractivity contribution in [2.24, 2.45) is 0 Å². The maximum absolute atomic E-state index is 2.40. The summed E-state index contributed by atoms with van der Waals surface area (Å²) in [5.74, 6) is 0. The second kappa shape index (κ2) is 14.8. The third kappa shape index (κ3) is 5.88. The molecule has 12 rings (SSSR count). The highest BCUT2D eigenvalue weighted by molar-refractivity contribution is 6.10. The average molecular weight is 789 g/mol. The summed E-state index contributed by atoms with van der Waals surface area (Å²) in [6.45, 7) is 0. The van der Waals surface area contributed by atoms with E-state index in [1.54, 1.807) is 0 Å². The van der Waals surface area contributed by atoms with Gasteiger partial charge in [0, 0.05) is 32.9 Å². The monoisotopic (exact) mass is 788 g/mol. The van der Waals surface area contributed by atoms with E-state index in [2.05, 4.69) is 252 Å². The van der Waals surface area contributed by atoms with Crippen molar-refractivity contribution in [1.29, 1.82) is 0 Å². The lowest BCUT2D eigenvalue weighted by Gasteiger charge is -2.19. The summed E-state index contributed by atoms with van der Waals surface area (Å²) in [6.07, 6.45) is 0. The number of benzene rings is 10. The first-order chi connectivity index (χ1) is 30.8. The van der Waals surface area contributed by atoms with Crippen LogP contribution in [0.25, 0.3) is 111 Å². The van der Waals surface area contributed by atoms with Crippen LogP contribution < -0.4 is 0 Å². The molecule has 0 saturated heterocycles. The van der Waals surface area contributed by atoms with Gasteiger partial charge in [-0.15, -0.1) is 0 Å². The van der Waals surface area contributed by atoms with Crippen LogP contribution in [0.3, 0.4) is 0 Å². The quantitative estimate of drug-likeness (QED) is 0.152. The molecule has 62 heavy (non-hydrogen) atoms. The molecule has 0 N–H and O–H groups in total. The Morgan fingerprint density at radius 3 is 1.03 bits per heavy atom. The minimum Gasteiger partial charge on any atom is -0.309 e. The van der Waals surface area contributed by atoms with Gasteiger partial charge in [0.2, 0.25) is 0 Å². The molecule has 0 radical (unpaired) electrons. The van der Waals surface area contributed by atoms with Gasteiger partial charge in [0.05, 0.1) is 22.1 Å². The number of para-hydroxylation sites is 4. The molecule has 0 spiro atoms. The van der Waals surface area contributed by atoms with Crippen molar-refractivity contribution in [2.75, 3.05) is 0 Å². The molecule has 2 nitrogen and oxygen atoms in total. The Hall–Kier alpha value is -8.20. The fraction of sp³-hybridized carbons (Fsp3) is 0. The molecular weight excluding hydrogens is 749 g/mol. The van der Waals surface area contributed by atoms with Crippen LogP contribution in [0.4, 0.5) is 0 Å². The lowest BCUT2D eigenvalue weighted by molar-refractivity contribution is 1.18. The molecule has 0 aliphatic carbocycles. The fourth-order valence-corrected chi connectivity index (χ4v) is 9.75. The summed E-state index contributed by atoms with van der Waals surface area (Å²) in [5, 5.41) is 5.05. The Labute approximate surface area is 360 Å². The maximum Gasteiger partial charge on any atom is 0.0541 e. The first kappa shape index (κ1) is 35.7. The molecule has 0 saturated carbocycles. The van der Waals surface area contributed by atoms with Crippen molar-refractivity contribution < 1.29 is 0 Å². The number of hydrogen-bond acceptors (Lipinski definition) is 0. The molecule has 2 heteroatoms. The van der Waals surface area contributed by atoms with E-state index in [1.807, 2.05) is 0 Å². The van der Waals surface area contributed by atoms with Crippen LogP contribution in [-0.2, 0) is 0 Å². The number of nitrogens with zero attached hydrogens (tertiary/aromatic N) is 2. The third-order valence-corrected chi connectivity index (χ3v) is 12.6. The van der Waals surface area contributed by atoms with Crippen LogP contribution in [0.1, 0.15) is 0 Å². The number of rotatable bonds is 7. The van der Waals surface area contributed by atoms with Crippen molar-refractivity contribution in [3.05, 3.63) is 243 Å². The van der Waals surface area contributed by atoms with E-state index in [0.29, 0.717) is 0 Å². The summed E-state index contributed by atoms with van der Waals surface area (Å²) in [7, 11) is 0. The lowest BCUT2D eigenvalue weighted by atomic mass is 9.85. The minimum atomic E-state index is 1.14. The normalized spacial score (nSPS) is 11.5. The molecule has 0 atom stereocenters. The van der Waals surface area contributed by atoms with E-state index in [-0.39, 0.29) is 0 Å². The van der Waals surface area contributed by atoms with Gasteiger partial charge in [-0.25, -0.2) is 0 Å². The topological polar surface area (TPSA) is 9.86 Å². The zero-order chi connectivity index (χ0) is 41.0. The molecular formula is C60H40N2. The Morgan fingerprint density at radius 2 is 0.565 bits per heavy atom. The van der Waals surface area contributed by atoms with E-state index >= 15 is 0 Å². The third-order valence-electron chi connectivity index (χ3n) is 12.6. The molecule has 0 aliphatic heterocycles. The molecule has 12 aromatic rings. The Morgan fingerprint density at radius 1 is 0.210 bits per heavy atom. The van der Waals surface area contributed by atoms with Gasteiger partial charge in [0.15, 0.2) is 0 Å². The first-order valence-electron chi connectivity index (χ1n) is 21.3. The van der Waals surface area contributed by atoms with E-state index in [1.165, 1.54) is 99.2 Å². The van der Waals surface area contributed by atoms with Gasteiger partial charge in [0.25, 0.3) is 0 Å². The number of hydrogen-bond donors (Lipinski definition) is 0. The van der Waals surface area contributed by atoms with Crippen LogP contribution in [0.2, 0.25) is 0 Å². The van der Waals surface area contributed by atoms with Crippen molar-refractivity contribution in [3.63, 3.8) is 0 Å². The molecule has 10 aromatic carbocycles. The van der Waals surface area contributed by atoms with Gasteiger partial charge < -0.3 is 9.13 Å². The van der Waals surface area contributed by atoms with Gasteiger partial charge >= 0.3 is 0 Å². The molecule has 0 aliphatic rings. The Kier molecular flexibility index (Phi) is 8.53. The van der Waals surface area contributed by atoms with Crippen LogP contribution in [0.15, 0.2) is 243 Å². The van der Waals surface area contributed by atoms with Gasteiger partial charge in [-0.2, -0.15) is 0 Å². The molecule has 2 heterocycles. The summed E-state index contributed by atoms with van der Waals surface area (Å²) in [5.41, 5.74) is 19.1. The highest BCUT2D eigenvalue weighted by Gasteiger charge is 2.18. The highest BCUT2D eigenvalue weighted by Crippen LogP contribution is 2.44. The van der Waals surface area contributed by atoms with Gasteiger partial charge in [0.1, 0.15) is 0 Å². The van der Waals surface area contributed by atoms with Crippen molar-refractivity contribution in [2.45, 2.75) is 0 Å². The standard InChI is InChI=1S/C60H40N2/c1-3-16-41(17-4-1)49-24-15-25-50(60(49)44-18-5-2-6-19-44)45-34-39-48(42-30-35-46(36-31-42)61-56-26-11-7-20-51(56)52-21-8-12-27-57(52)61)55(40-45)43-32-37-47(38-33-43)62-58-28-13-9-22-53(58)54-23-10-14-29-59(54)62/h1-40H. The molecule has 0 fully saturated rings. The van der Waals surface area contributed by atoms with Gasteiger partial charge in [-0.05, 0) is 110 Å². The SMILES string of the molecule is c1ccc(-c2cccc(-c3ccc(-c4ccc(-n5c6ccccc6c6ccccc65)cc4)c(-c4ccc(-n5c6ccccc6c6ccccc65)cc4)c3)c2-c2ccccc2)cc1. The molecule has 0 unspecified atom stereocenters. The molecule has 2 aromatic heterocycles. The van der Waals surface area contributed by atoms with Crippen molar-refractivity contribution in [3.8, 4) is 67.0 Å². The largest absolute Gasteiger partial charge is 0.309 e. The van der Waals surface area contributed by atoms with Crippen LogP contribution in [-0.4, -0.2) is 9.13 Å². The van der Waals surface area contributed by atoms with Gasteiger partial charge in [-0.3, -0.25) is 0 Å². The first-order valence-corrected chi connectivity index (χ1v) is 21.3. The summed E-state index contributed by atoms with van der Waals surface area (Å²) in [6, 6.07) is 88.4. The molecule has 0 bridgehead atoms. The number of aromatic nitrogens is 2. The minimum absolute atomic E-state index is 1.14. The van der Waals surface area contributed by atoms with Crippen molar-refractivity contribution >= 4 is 43.6 Å². The second-order valence-corrected chi connectivity index (χ2v) is 16.1. The van der Waals surface area contributed by atoms with Crippen LogP contribution in [0, 0.1) is 0 Å². The van der Waals surface area contributed by atoms with Crippen LogP contribution >= 0.6 is 0 Å². The Bertz CT molecular complexity index is 3490. The summed E-state index contributed by atoms with van der Waals surface area (Å²) in [4.78, 5) is 0. The van der Waals surface area contributed by atoms with E-state index in [4.69, 9.17) is 0 Å². The van der Waals surface area contributed by atoms with E-state index < -0.39 is 0 Å². The van der Waals surface area contributed by atoms with Crippen molar-refractivity contribution in [1.82, 2.24) is 9.13 Å². The van der Waals surface area contributed by atoms with Gasteiger partial charge in [-0.1, -0.05) is 188 Å². The molecule has 290 valence electrons. The zero-order valence-electron chi connectivity index (χ0n) is 34.0. The van der Waals surface area contributed by atoms with Crippen LogP contribution in [0.5, 0.6) is 0 Å². The second-order valence-electron chi connectivity index (χ2n) is 16.1. The average Bonchev–Trinajstić information content (AvgIpc) is 3.87. The summed E-state index contributed by atoms with van der Waals surface area (Å²) >= 11 is 0. The smallest absolute Gasteiger partial charge is 0.0541 e. The highest BCUT2D eigenvalue weighted by atomic mass is 15.0. The Balaban J connectivity index is 1.04. The summed E-state index contributed by atoms with van der Waals surface area (Å²) < 4.78 is 4.77. The zero-order valence-corrected chi connectivity index (χ0v) is 34.0.